The minimum absolute atomic E-state index is 0.129. The van der Waals surface area contributed by atoms with Crippen molar-refractivity contribution < 1.29 is 15.3 Å². The Bertz CT molecular complexity index is 304. The van der Waals surface area contributed by atoms with Gasteiger partial charge in [0.1, 0.15) is 6.10 Å². The average Bonchev–Trinajstić information content (AvgIpc) is 2.28. The topological polar surface area (TPSA) is 60.7 Å². The van der Waals surface area contributed by atoms with Gasteiger partial charge in [0, 0.05) is 11.9 Å². The van der Waals surface area contributed by atoms with Crippen LogP contribution >= 0.6 is 15.9 Å². The second-order valence-corrected chi connectivity index (χ2v) is 3.96. The summed E-state index contributed by atoms with van der Waals surface area (Å²) in [5.74, 6) is 0. The molecule has 0 amide bonds. The third-order valence-electron chi connectivity index (χ3n) is 2.24. The number of aliphatic hydroxyl groups excluding tert-OH is 3. The van der Waals surface area contributed by atoms with E-state index in [9.17, 15) is 10.2 Å². The smallest absolute Gasteiger partial charge is 0.105 e. The van der Waals surface area contributed by atoms with E-state index in [2.05, 4.69) is 15.9 Å². The van der Waals surface area contributed by atoms with Crippen molar-refractivity contribution in [2.75, 3.05) is 6.61 Å². The van der Waals surface area contributed by atoms with Crippen molar-refractivity contribution in [2.45, 2.75) is 24.0 Å². The SMILES string of the molecule is OCCC(O)C(O)c1cccc(CBr)c1. The first-order valence-corrected chi connectivity index (χ1v) is 5.93. The van der Waals surface area contributed by atoms with Crippen molar-refractivity contribution in [2.24, 2.45) is 0 Å². The molecule has 15 heavy (non-hydrogen) atoms. The summed E-state index contributed by atoms with van der Waals surface area (Å²) in [7, 11) is 0. The van der Waals surface area contributed by atoms with E-state index in [1.807, 2.05) is 18.2 Å². The van der Waals surface area contributed by atoms with Gasteiger partial charge in [0.25, 0.3) is 0 Å². The predicted molar refractivity (Wildman–Crippen MR) is 61.7 cm³/mol. The first-order valence-electron chi connectivity index (χ1n) is 4.81. The largest absolute Gasteiger partial charge is 0.396 e. The van der Waals surface area contributed by atoms with Gasteiger partial charge in [0.2, 0.25) is 0 Å². The number of alkyl halides is 1. The molecule has 0 spiro atoms. The van der Waals surface area contributed by atoms with Gasteiger partial charge in [0.05, 0.1) is 6.10 Å². The number of hydrogen-bond donors (Lipinski definition) is 3. The summed E-state index contributed by atoms with van der Waals surface area (Å²) in [4.78, 5) is 0. The van der Waals surface area contributed by atoms with Crippen molar-refractivity contribution in [3.63, 3.8) is 0 Å². The standard InChI is InChI=1S/C11H15BrO3/c12-7-8-2-1-3-9(6-8)11(15)10(14)4-5-13/h1-3,6,10-11,13-15H,4-5,7H2. The summed E-state index contributed by atoms with van der Waals surface area (Å²) < 4.78 is 0. The summed E-state index contributed by atoms with van der Waals surface area (Å²) in [6.45, 7) is -0.129. The highest BCUT2D eigenvalue weighted by Gasteiger charge is 2.17. The molecule has 2 atom stereocenters. The molecule has 84 valence electrons. The van der Waals surface area contributed by atoms with Gasteiger partial charge in [-0.25, -0.2) is 0 Å². The maximum atomic E-state index is 9.76. The lowest BCUT2D eigenvalue weighted by Gasteiger charge is -2.17. The van der Waals surface area contributed by atoms with Crippen LogP contribution in [0.2, 0.25) is 0 Å². The Morgan fingerprint density at radius 2 is 2.00 bits per heavy atom. The van der Waals surface area contributed by atoms with Crippen molar-refractivity contribution in [1.82, 2.24) is 0 Å². The van der Waals surface area contributed by atoms with Gasteiger partial charge < -0.3 is 15.3 Å². The molecule has 1 rings (SSSR count). The molecule has 0 radical (unpaired) electrons. The van der Waals surface area contributed by atoms with Gasteiger partial charge in [-0.15, -0.1) is 0 Å². The van der Waals surface area contributed by atoms with Crippen LogP contribution in [0, 0.1) is 0 Å². The Balaban J connectivity index is 2.76. The minimum Gasteiger partial charge on any atom is -0.396 e. The lowest BCUT2D eigenvalue weighted by molar-refractivity contribution is 0.00419. The fraction of sp³-hybridized carbons (Fsp3) is 0.455. The lowest BCUT2D eigenvalue weighted by Crippen LogP contribution is -2.19. The molecule has 3 N–H and O–H groups in total. The molecule has 0 fully saturated rings. The Morgan fingerprint density at radius 1 is 1.27 bits per heavy atom. The highest BCUT2D eigenvalue weighted by molar-refractivity contribution is 9.08. The average molecular weight is 275 g/mol. The van der Waals surface area contributed by atoms with E-state index in [0.29, 0.717) is 10.9 Å². The fourth-order valence-corrected chi connectivity index (χ4v) is 1.72. The normalized spacial score (nSPS) is 14.9. The molecule has 0 aromatic heterocycles. The summed E-state index contributed by atoms with van der Waals surface area (Å²) in [5.41, 5.74) is 1.72. The molecular formula is C11H15BrO3. The van der Waals surface area contributed by atoms with Crippen LogP contribution in [0.4, 0.5) is 0 Å². The molecule has 1 aromatic rings. The van der Waals surface area contributed by atoms with Crippen LogP contribution in [0.5, 0.6) is 0 Å². The zero-order valence-electron chi connectivity index (χ0n) is 8.31. The summed E-state index contributed by atoms with van der Waals surface area (Å²) >= 11 is 3.32. The predicted octanol–water partition coefficient (Wildman–Crippen LogP) is 1.36. The summed E-state index contributed by atoms with van der Waals surface area (Å²) in [6, 6.07) is 7.36. The number of hydrogen-bond acceptors (Lipinski definition) is 3. The van der Waals surface area contributed by atoms with Crippen LogP contribution in [0.3, 0.4) is 0 Å². The van der Waals surface area contributed by atoms with Crippen molar-refractivity contribution in [3.8, 4) is 0 Å². The van der Waals surface area contributed by atoms with Crippen LogP contribution in [0.1, 0.15) is 23.7 Å². The second kappa shape index (κ2) is 6.23. The third kappa shape index (κ3) is 3.57. The van der Waals surface area contributed by atoms with E-state index < -0.39 is 12.2 Å². The monoisotopic (exact) mass is 274 g/mol. The molecule has 0 aliphatic rings. The van der Waals surface area contributed by atoms with Gasteiger partial charge in [-0.3, -0.25) is 0 Å². The molecule has 0 bridgehead atoms. The zero-order valence-corrected chi connectivity index (χ0v) is 9.89. The van der Waals surface area contributed by atoms with Crippen LogP contribution in [-0.2, 0) is 5.33 Å². The first kappa shape index (κ1) is 12.6. The number of halogens is 1. The Labute approximate surface area is 97.5 Å². The van der Waals surface area contributed by atoms with E-state index >= 15 is 0 Å². The number of rotatable bonds is 5. The Hall–Kier alpha value is -0.420. The van der Waals surface area contributed by atoms with Crippen LogP contribution < -0.4 is 0 Å². The molecular weight excluding hydrogens is 260 g/mol. The highest BCUT2D eigenvalue weighted by atomic mass is 79.9. The molecule has 4 heteroatoms. The molecule has 0 aliphatic carbocycles. The minimum atomic E-state index is -0.934. The molecule has 3 nitrogen and oxygen atoms in total. The van der Waals surface area contributed by atoms with Crippen LogP contribution in [0.25, 0.3) is 0 Å². The van der Waals surface area contributed by atoms with Gasteiger partial charge in [-0.05, 0) is 17.5 Å². The second-order valence-electron chi connectivity index (χ2n) is 3.40. The lowest BCUT2D eigenvalue weighted by atomic mass is 10.0. The molecule has 0 saturated carbocycles. The molecule has 1 aromatic carbocycles. The Kier molecular flexibility index (Phi) is 5.25. The molecule has 0 heterocycles. The quantitative estimate of drug-likeness (QED) is 0.711. The van der Waals surface area contributed by atoms with Gasteiger partial charge in [-0.2, -0.15) is 0 Å². The van der Waals surface area contributed by atoms with Gasteiger partial charge >= 0.3 is 0 Å². The van der Waals surface area contributed by atoms with E-state index in [1.165, 1.54) is 0 Å². The number of aliphatic hydroxyl groups is 3. The van der Waals surface area contributed by atoms with Gasteiger partial charge in [0.15, 0.2) is 0 Å². The van der Waals surface area contributed by atoms with E-state index in [4.69, 9.17) is 5.11 Å². The first-order chi connectivity index (χ1) is 7.19. The third-order valence-corrected chi connectivity index (χ3v) is 2.88. The van der Waals surface area contributed by atoms with E-state index in [1.54, 1.807) is 6.07 Å². The van der Waals surface area contributed by atoms with Crippen LogP contribution in [-0.4, -0.2) is 28.0 Å². The van der Waals surface area contributed by atoms with Gasteiger partial charge in [-0.1, -0.05) is 40.2 Å². The van der Waals surface area contributed by atoms with Crippen molar-refractivity contribution in [3.05, 3.63) is 35.4 Å². The maximum Gasteiger partial charge on any atom is 0.105 e. The Morgan fingerprint density at radius 3 is 2.60 bits per heavy atom. The van der Waals surface area contributed by atoms with Crippen LogP contribution in [0.15, 0.2) is 24.3 Å². The summed E-state index contributed by atoms with van der Waals surface area (Å²) in [5, 5.41) is 28.6. The molecule has 0 saturated heterocycles. The van der Waals surface area contributed by atoms with Crippen molar-refractivity contribution >= 4 is 15.9 Å². The molecule has 2 unspecified atom stereocenters. The fourth-order valence-electron chi connectivity index (χ4n) is 1.37. The molecule has 0 aliphatic heterocycles. The summed E-state index contributed by atoms with van der Waals surface area (Å²) in [6.07, 6.45) is -1.67. The van der Waals surface area contributed by atoms with Crippen molar-refractivity contribution in [1.29, 1.82) is 0 Å². The van der Waals surface area contributed by atoms with E-state index in [-0.39, 0.29) is 13.0 Å². The zero-order chi connectivity index (χ0) is 11.3. The highest BCUT2D eigenvalue weighted by Crippen LogP contribution is 2.20. The number of benzene rings is 1. The maximum absolute atomic E-state index is 9.76. The van der Waals surface area contributed by atoms with E-state index in [0.717, 1.165) is 5.56 Å².